The maximum absolute atomic E-state index is 11.4. The normalized spacial score (nSPS) is 12.2. The van der Waals surface area contributed by atoms with E-state index in [0.29, 0.717) is 18.7 Å². The van der Waals surface area contributed by atoms with Crippen molar-refractivity contribution in [2.24, 2.45) is 0 Å². The van der Waals surface area contributed by atoms with E-state index in [2.05, 4.69) is 15.5 Å². The average Bonchev–Trinajstić information content (AvgIpc) is 2.94. The molecule has 7 heteroatoms. The van der Waals surface area contributed by atoms with Crippen LogP contribution in [0.3, 0.4) is 0 Å². The van der Waals surface area contributed by atoms with Crippen molar-refractivity contribution < 1.29 is 9.90 Å². The first-order chi connectivity index (χ1) is 10.2. The van der Waals surface area contributed by atoms with E-state index < -0.39 is 12.0 Å². The number of tetrazole rings is 1. The highest BCUT2D eigenvalue weighted by atomic mass is 32.2. The molecule has 0 bridgehead atoms. The number of hydrogen-bond donors (Lipinski definition) is 1. The zero-order chi connectivity index (χ0) is 15.1. The minimum Gasteiger partial charge on any atom is -0.480 e. The zero-order valence-electron chi connectivity index (χ0n) is 11.8. The minimum atomic E-state index is -0.891. The average molecular weight is 306 g/mol. The molecule has 0 saturated carbocycles. The van der Waals surface area contributed by atoms with Gasteiger partial charge in [-0.3, -0.25) is 0 Å². The molecule has 0 fully saturated rings. The highest BCUT2D eigenvalue weighted by Crippen LogP contribution is 2.16. The molecular weight excluding hydrogens is 288 g/mol. The number of benzene rings is 1. The van der Waals surface area contributed by atoms with Crippen LogP contribution in [0.1, 0.15) is 23.9 Å². The Morgan fingerprint density at radius 2 is 2.10 bits per heavy atom. The molecule has 0 aliphatic carbocycles. The van der Waals surface area contributed by atoms with Crippen LogP contribution in [0.2, 0.25) is 0 Å². The van der Waals surface area contributed by atoms with Crippen LogP contribution in [0.4, 0.5) is 0 Å². The summed E-state index contributed by atoms with van der Waals surface area (Å²) in [7, 11) is 0. The summed E-state index contributed by atoms with van der Waals surface area (Å²) in [6.45, 7) is 0. The van der Waals surface area contributed by atoms with Gasteiger partial charge in [0.1, 0.15) is 0 Å². The number of thioether (sulfide) groups is 1. The predicted molar refractivity (Wildman–Crippen MR) is 81.3 cm³/mol. The third-order valence-corrected chi connectivity index (χ3v) is 3.86. The molecule has 0 spiro atoms. The number of aryl methyl sites for hydroxylation is 2. The Kier molecular flexibility index (Phi) is 5.74. The third kappa shape index (κ3) is 4.29. The molecular formula is C14H18N4O2S. The summed E-state index contributed by atoms with van der Waals surface area (Å²) in [6, 6.07) is 9.31. The molecule has 112 valence electrons. The lowest BCUT2D eigenvalue weighted by atomic mass is 10.1. The monoisotopic (exact) mass is 306 g/mol. The summed E-state index contributed by atoms with van der Waals surface area (Å²) < 4.78 is 1.45. The Labute approximate surface area is 127 Å². The Morgan fingerprint density at radius 3 is 2.76 bits per heavy atom. The molecule has 0 amide bonds. The molecule has 1 heterocycles. The van der Waals surface area contributed by atoms with Crippen LogP contribution in [0.15, 0.2) is 30.3 Å². The SMILES string of the molecule is CSCCC(C(=O)O)n1nnnc1CCc1ccccc1. The maximum atomic E-state index is 11.4. The van der Waals surface area contributed by atoms with E-state index >= 15 is 0 Å². The quantitative estimate of drug-likeness (QED) is 0.801. The summed E-state index contributed by atoms with van der Waals surface area (Å²) in [5.41, 5.74) is 1.18. The topological polar surface area (TPSA) is 80.9 Å². The van der Waals surface area contributed by atoms with Crippen molar-refractivity contribution >= 4 is 17.7 Å². The van der Waals surface area contributed by atoms with E-state index in [1.165, 1.54) is 10.2 Å². The van der Waals surface area contributed by atoms with Gasteiger partial charge in [-0.05, 0) is 40.8 Å². The maximum Gasteiger partial charge on any atom is 0.328 e. The molecule has 1 unspecified atom stereocenters. The molecule has 6 nitrogen and oxygen atoms in total. The van der Waals surface area contributed by atoms with E-state index in [0.717, 1.165) is 12.2 Å². The molecule has 1 aromatic heterocycles. The number of carboxylic acid groups (broad SMARTS) is 1. The summed E-state index contributed by atoms with van der Waals surface area (Å²) in [5.74, 6) is 0.485. The molecule has 0 radical (unpaired) electrons. The first-order valence-corrected chi connectivity index (χ1v) is 8.14. The van der Waals surface area contributed by atoms with E-state index in [-0.39, 0.29) is 0 Å². The Balaban J connectivity index is 2.07. The fraction of sp³-hybridized carbons (Fsp3) is 0.429. The number of nitrogens with zero attached hydrogens (tertiary/aromatic N) is 4. The Morgan fingerprint density at radius 1 is 1.33 bits per heavy atom. The summed E-state index contributed by atoms with van der Waals surface area (Å²) in [4.78, 5) is 11.4. The molecule has 0 saturated heterocycles. The van der Waals surface area contributed by atoms with Gasteiger partial charge in [0.2, 0.25) is 0 Å². The molecule has 2 aromatic rings. The van der Waals surface area contributed by atoms with Crippen molar-refractivity contribution in [2.75, 3.05) is 12.0 Å². The van der Waals surface area contributed by atoms with Crippen LogP contribution in [0.5, 0.6) is 0 Å². The number of rotatable bonds is 8. The van der Waals surface area contributed by atoms with Gasteiger partial charge in [-0.1, -0.05) is 30.3 Å². The number of aromatic nitrogens is 4. The van der Waals surface area contributed by atoms with Gasteiger partial charge in [-0.15, -0.1) is 5.10 Å². The third-order valence-electron chi connectivity index (χ3n) is 3.22. The lowest BCUT2D eigenvalue weighted by molar-refractivity contribution is -0.141. The molecule has 0 aliphatic rings. The number of carbonyl (C=O) groups is 1. The number of hydrogen-bond acceptors (Lipinski definition) is 5. The van der Waals surface area contributed by atoms with Crippen molar-refractivity contribution in [1.82, 2.24) is 20.2 Å². The molecule has 1 N–H and O–H groups in total. The van der Waals surface area contributed by atoms with Crippen LogP contribution in [0.25, 0.3) is 0 Å². The van der Waals surface area contributed by atoms with Crippen LogP contribution in [-0.4, -0.2) is 43.3 Å². The minimum absolute atomic E-state index is 0.514. The second-order valence-electron chi connectivity index (χ2n) is 4.66. The van der Waals surface area contributed by atoms with Crippen molar-refractivity contribution in [3.8, 4) is 0 Å². The van der Waals surface area contributed by atoms with Crippen LogP contribution < -0.4 is 0 Å². The van der Waals surface area contributed by atoms with Crippen LogP contribution in [0, 0.1) is 0 Å². The van der Waals surface area contributed by atoms with Gasteiger partial charge in [-0.25, -0.2) is 9.48 Å². The number of aliphatic carboxylic acids is 1. The van der Waals surface area contributed by atoms with Crippen molar-refractivity contribution in [3.05, 3.63) is 41.7 Å². The van der Waals surface area contributed by atoms with Gasteiger partial charge in [0.25, 0.3) is 0 Å². The summed E-state index contributed by atoms with van der Waals surface area (Å²) in [6.07, 6.45) is 3.88. The van der Waals surface area contributed by atoms with E-state index in [4.69, 9.17) is 0 Å². The lowest BCUT2D eigenvalue weighted by Crippen LogP contribution is -2.23. The summed E-state index contributed by atoms with van der Waals surface area (Å²) >= 11 is 1.62. The molecule has 1 atom stereocenters. The van der Waals surface area contributed by atoms with Gasteiger partial charge in [0.05, 0.1) is 0 Å². The molecule has 0 aliphatic heterocycles. The van der Waals surface area contributed by atoms with Crippen LogP contribution in [-0.2, 0) is 17.6 Å². The second-order valence-corrected chi connectivity index (χ2v) is 5.65. The second kappa shape index (κ2) is 7.78. The standard InChI is InChI=1S/C14H18N4O2S/c1-21-10-9-12(14(19)20)18-13(15-16-17-18)8-7-11-5-3-2-4-6-11/h2-6,12H,7-10H2,1H3,(H,19,20). The first kappa shape index (κ1) is 15.5. The van der Waals surface area contributed by atoms with Gasteiger partial charge >= 0.3 is 5.97 Å². The number of carboxylic acids is 1. The van der Waals surface area contributed by atoms with E-state index in [9.17, 15) is 9.90 Å². The Bertz CT molecular complexity index is 573. The fourth-order valence-electron chi connectivity index (χ4n) is 2.10. The predicted octanol–water partition coefficient (Wildman–Crippen LogP) is 1.84. The largest absolute Gasteiger partial charge is 0.480 e. The molecule has 21 heavy (non-hydrogen) atoms. The fourth-order valence-corrected chi connectivity index (χ4v) is 2.56. The van der Waals surface area contributed by atoms with Crippen molar-refractivity contribution in [2.45, 2.75) is 25.3 Å². The lowest BCUT2D eigenvalue weighted by Gasteiger charge is -2.13. The van der Waals surface area contributed by atoms with Gasteiger partial charge in [0, 0.05) is 6.42 Å². The van der Waals surface area contributed by atoms with Gasteiger partial charge < -0.3 is 5.11 Å². The van der Waals surface area contributed by atoms with Crippen molar-refractivity contribution in [1.29, 1.82) is 0 Å². The highest BCUT2D eigenvalue weighted by Gasteiger charge is 2.23. The highest BCUT2D eigenvalue weighted by molar-refractivity contribution is 7.98. The molecule has 2 rings (SSSR count). The Hall–Kier alpha value is -1.89. The van der Waals surface area contributed by atoms with E-state index in [1.807, 2.05) is 36.6 Å². The van der Waals surface area contributed by atoms with Gasteiger partial charge in [-0.2, -0.15) is 11.8 Å². The zero-order valence-corrected chi connectivity index (χ0v) is 12.7. The smallest absolute Gasteiger partial charge is 0.328 e. The molecule has 1 aromatic carbocycles. The van der Waals surface area contributed by atoms with E-state index in [1.54, 1.807) is 11.8 Å². The summed E-state index contributed by atoms with van der Waals surface area (Å²) in [5, 5.41) is 20.8. The first-order valence-electron chi connectivity index (χ1n) is 6.74. The van der Waals surface area contributed by atoms with Crippen molar-refractivity contribution in [3.63, 3.8) is 0 Å². The van der Waals surface area contributed by atoms with Crippen LogP contribution >= 0.6 is 11.8 Å². The van der Waals surface area contributed by atoms with Gasteiger partial charge in [0.15, 0.2) is 11.9 Å².